The Labute approximate surface area is 61.2 Å². The van der Waals surface area contributed by atoms with Crippen molar-refractivity contribution < 1.29 is 0 Å². The van der Waals surface area contributed by atoms with Crippen LogP contribution in [0.3, 0.4) is 0 Å². The van der Waals surface area contributed by atoms with Crippen molar-refractivity contribution in [2.24, 2.45) is 0 Å². The van der Waals surface area contributed by atoms with Gasteiger partial charge in [0.05, 0.1) is 0 Å². The van der Waals surface area contributed by atoms with E-state index in [1.54, 1.807) is 0 Å². The van der Waals surface area contributed by atoms with E-state index in [1.807, 2.05) is 31.3 Å². The molecule has 0 spiro atoms. The van der Waals surface area contributed by atoms with Crippen LogP contribution in [0.5, 0.6) is 0 Å². The summed E-state index contributed by atoms with van der Waals surface area (Å²) in [6, 6.07) is 10.8. The van der Waals surface area contributed by atoms with Crippen molar-refractivity contribution in [3.8, 4) is 0 Å². The molecule has 2 heteroatoms. The second kappa shape index (κ2) is 4.04. The van der Waals surface area contributed by atoms with E-state index in [2.05, 4.69) is 16.9 Å². The quantitative estimate of drug-likeness (QED) is 0.596. The van der Waals surface area contributed by atoms with Crippen molar-refractivity contribution in [2.75, 3.05) is 7.05 Å². The number of benzene rings is 1. The Balaban J connectivity index is 2.43. The average Bonchev–Trinajstić information content (AvgIpc) is 2.03. The van der Waals surface area contributed by atoms with Gasteiger partial charge in [0.15, 0.2) is 0 Å². The molecule has 1 aromatic rings. The van der Waals surface area contributed by atoms with Crippen LogP contribution in [0.1, 0.15) is 5.56 Å². The van der Waals surface area contributed by atoms with Gasteiger partial charge in [-0.2, -0.15) is 0 Å². The fraction of sp³-hybridized carbons (Fsp3) is 0.250. The third-order valence-corrected chi connectivity index (χ3v) is 1.26. The Kier molecular flexibility index (Phi) is 2.93. The van der Waals surface area contributed by atoms with Gasteiger partial charge in [0.2, 0.25) is 0 Å². The van der Waals surface area contributed by atoms with E-state index in [-0.39, 0.29) is 0 Å². The van der Waals surface area contributed by atoms with E-state index in [4.69, 9.17) is 0 Å². The molecule has 1 rings (SSSR count). The van der Waals surface area contributed by atoms with Crippen LogP contribution in [-0.4, -0.2) is 7.05 Å². The number of rotatable bonds is 3. The fourth-order valence-electron chi connectivity index (χ4n) is 0.730. The van der Waals surface area contributed by atoms with E-state index in [1.165, 1.54) is 5.56 Å². The summed E-state index contributed by atoms with van der Waals surface area (Å²) in [6.45, 7) is 0.852. The molecule has 1 radical (unpaired) electrons. The minimum atomic E-state index is 0.852. The highest BCUT2D eigenvalue weighted by Crippen LogP contribution is 1.95. The molecule has 2 nitrogen and oxygen atoms in total. The summed E-state index contributed by atoms with van der Waals surface area (Å²) in [5.41, 5.74) is 7.11. The van der Waals surface area contributed by atoms with Gasteiger partial charge in [-0.15, -0.1) is 0 Å². The predicted octanol–water partition coefficient (Wildman–Crippen LogP) is 0.711. The lowest BCUT2D eigenvalue weighted by atomic mass is 10.2. The first-order valence-electron chi connectivity index (χ1n) is 3.28. The molecule has 0 atom stereocenters. The van der Waals surface area contributed by atoms with Gasteiger partial charge >= 0.3 is 0 Å². The first-order chi connectivity index (χ1) is 4.93. The van der Waals surface area contributed by atoms with Crippen LogP contribution in [0.15, 0.2) is 24.3 Å². The first-order valence-corrected chi connectivity index (χ1v) is 3.28. The van der Waals surface area contributed by atoms with Crippen molar-refractivity contribution in [2.45, 2.75) is 6.54 Å². The molecule has 0 saturated heterocycles. The summed E-state index contributed by atoms with van der Waals surface area (Å²) in [4.78, 5) is 0. The molecule has 0 aliphatic carbocycles. The zero-order valence-electron chi connectivity index (χ0n) is 6.02. The van der Waals surface area contributed by atoms with Crippen LogP contribution in [-0.2, 0) is 6.54 Å². The maximum absolute atomic E-state index is 3.00. The summed E-state index contributed by atoms with van der Waals surface area (Å²) in [5.74, 6) is 0. The second-order valence-corrected chi connectivity index (χ2v) is 2.01. The van der Waals surface area contributed by atoms with Crippen LogP contribution in [0.4, 0.5) is 0 Å². The molecule has 53 valence electrons. The Morgan fingerprint density at radius 1 is 1.40 bits per heavy atom. The van der Waals surface area contributed by atoms with Gasteiger partial charge in [-0.1, -0.05) is 24.3 Å². The third kappa shape index (κ3) is 2.17. The van der Waals surface area contributed by atoms with Crippen molar-refractivity contribution >= 4 is 0 Å². The number of nitrogens with one attached hydrogen (secondary N) is 2. The molecule has 0 aromatic heterocycles. The number of hydrogen-bond donors (Lipinski definition) is 2. The van der Waals surface area contributed by atoms with Gasteiger partial charge < -0.3 is 0 Å². The van der Waals surface area contributed by atoms with Gasteiger partial charge in [0.1, 0.15) is 0 Å². The Morgan fingerprint density at radius 3 is 2.70 bits per heavy atom. The van der Waals surface area contributed by atoms with Crippen molar-refractivity contribution in [3.05, 3.63) is 35.9 Å². The van der Waals surface area contributed by atoms with E-state index >= 15 is 0 Å². The van der Waals surface area contributed by atoms with E-state index in [0.29, 0.717) is 0 Å². The number of hydrazine groups is 1. The molecule has 2 N–H and O–H groups in total. The van der Waals surface area contributed by atoms with E-state index < -0.39 is 0 Å². The highest BCUT2D eigenvalue weighted by Gasteiger charge is 1.85. The zero-order valence-corrected chi connectivity index (χ0v) is 6.02. The van der Waals surface area contributed by atoms with Gasteiger partial charge in [0, 0.05) is 6.54 Å². The third-order valence-electron chi connectivity index (χ3n) is 1.26. The summed E-state index contributed by atoms with van der Waals surface area (Å²) in [6.07, 6.45) is 0. The maximum Gasteiger partial charge on any atom is 0.0350 e. The summed E-state index contributed by atoms with van der Waals surface area (Å²) >= 11 is 0. The molecule has 0 heterocycles. The lowest BCUT2D eigenvalue weighted by molar-refractivity contribution is 0.596. The van der Waals surface area contributed by atoms with E-state index in [0.717, 1.165) is 6.54 Å². The summed E-state index contributed by atoms with van der Waals surface area (Å²) in [5, 5.41) is 0. The van der Waals surface area contributed by atoms with Crippen LogP contribution in [0, 0.1) is 6.07 Å². The SMILES string of the molecule is CNNCc1cc[c]cc1. The maximum atomic E-state index is 3.00. The van der Waals surface area contributed by atoms with Crippen molar-refractivity contribution in [1.29, 1.82) is 0 Å². The van der Waals surface area contributed by atoms with Crippen LogP contribution >= 0.6 is 0 Å². The van der Waals surface area contributed by atoms with Gasteiger partial charge in [-0.3, -0.25) is 10.9 Å². The molecule has 0 unspecified atom stereocenters. The van der Waals surface area contributed by atoms with Gasteiger partial charge in [-0.25, -0.2) is 0 Å². The predicted molar refractivity (Wildman–Crippen MR) is 41.2 cm³/mol. The minimum absolute atomic E-state index is 0.852. The molecule has 0 aliphatic heterocycles. The summed E-state index contributed by atoms with van der Waals surface area (Å²) in [7, 11) is 1.86. The Morgan fingerprint density at radius 2 is 2.10 bits per heavy atom. The largest absolute Gasteiger partial charge is 0.261 e. The topological polar surface area (TPSA) is 24.1 Å². The smallest absolute Gasteiger partial charge is 0.0350 e. The highest BCUT2D eigenvalue weighted by atomic mass is 15.3. The second-order valence-electron chi connectivity index (χ2n) is 2.01. The average molecular weight is 135 g/mol. The lowest BCUT2D eigenvalue weighted by Crippen LogP contribution is -2.26. The van der Waals surface area contributed by atoms with Crippen molar-refractivity contribution in [3.63, 3.8) is 0 Å². The van der Waals surface area contributed by atoms with Gasteiger partial charge in [-0.05, 0) is 18.7 Å². The molecule has 0 bridgehead atoms. The Bertz CT molecular complexity index is 172. The molecule has 0 fully saturated rings. The van der Waals surface area contributed by atoms with Crippen LogP contribution in [0.25, 0.3) is 0 Å². The van der Waals surface area contributed by atoms with E-state index in [9.17, 15) is 0 Å². The molecule has 10 heavy (non-hydrogen) atoms. The molecular weight excluding hydrogens is 124 g/mol. The highest BCUT2D eigenvalue weighted by molar-refractivity contribution is 5.13. The monoisotopic (exact) mass is 135 g/mol. The standard InChI is InChI=1S/C8H11N2/c1-9-10-7-8-5-3-2-4-6-8/h3-6,9-10H,7H2,1H3. The molecule has 0 saturated carbocycles. The molecule has 1 aromatic carbocycles. The molecular formula is C8H11N2. The first kappa shape index (κ1) is 7.25. The zero-order chi connectivity index (χ0) is 7.23. The molecule has 0 aliphatic rings. The summed E-state index contributed by atoms with van der Waals surface area (Å²) < 4.78 is 0. The van der Waals surface area contributed by atoms with Crippen LogP contribution < -0.4 is 10.9 Å². The lowest BCUT2D eigenvalue weighted by Gasteiger charge is -2.00. The number of hydrogen-bond acceptors (Lipinski definition) is 2. The fourth-order valence-corrected chi connectivity index (χ4v) is 0.730. The molecule has 0 amide bonds. The minimum Gasteiger partial charge on any atom is -0.261 e. The Hall–Kier alpha value is -0.860. The normalized spacial score (nSPS) is 9.70. The van der Waals surface area contributed by atoms with Gasteiger partial charge in [0.25, 0.3) is 0 Å². The van der Waals surface area contributed by atoms with Crippen LogP contribution in [0.2, 0.25) is 0 Å². The van der Waals surface area contributed by atoms with Crippen molar-refractivity contribution in [1.82, 2.24) is 10.9 Å².